The molecule has 16 heavy (non-hydrogen) atoms. The maximum atomic E-state index is 10.2. The minimum absolute atomic E-state index is 0.0258. The Morgan fingerprint density at radius 3 is 2.88 bits per heavy atom. The first kappa shape index (κ1) is 11.6. The molecule has 1 aromatic carbocycles. The minimum atomic E-state index is -0.476. The first-order valence-corrected chi connectivity index (χ1v) is 6.13. The Morgan fingerprint density at radius 2 is 2.25 bits per heavy atom. The molecular formula is C14H20O2. The van der Waals surface area contributed by atoms with Crippen LogP contribution in [0.25, 0.3) is 0 Å². The van der Waals surface area contributed by atoms with Crippen molar-refractivity contribution in [2.24, 2.45) is 0 Å². The highest BCUT2D eigenvalue weighted by molar-refractivity contribution is 5.26. The van der Waals surface area contributed by atoms with Crippen molar-refractivity contribution < 1.29 is 9.84 Å². The van der Waals surface area contributed by atoms with Gasteiger partial charge >= 0.3 is 0 Å². The molecule has 1 aliphatic rings. The van der Waals surface area contributed by atoms with Gasteiger partial charge in [-0.2, -0.15) is 0 Å². The van der Waals surface area contributed by atoms with Gasteiger partial charge in [-0.25, -0.2) is 0 Å². The third-order valence-corrected chi connectivity index (χ3v) is 3.32. The van der Waals surface area contributed by atoms with Crippen LogP contribution in [0.15, 0.2) is 24.3 Å². The van der Waals surface area contributed by atoms with E-state index in [1.54, 1.807) is 0 Å². The molecule has 1 N–H and O–H groups in total. The standard InChI is InChI=1S/C14H20O2/c1-3-11-5-4-6-12(9-11)14(15)13-8-7-10(2)16-13/h4-6,9-10,13-15H,3,7-8H2,1-2H3. The second-order valence-corrected chi connectivity index (χ2v) is 4.61. The van der Waals surface area contributed by atoms with Gasteiger partial charge in [0.2, 0.25) is 0 Å². The number of aliphatic hydroxyl groups is 1. The molecular weight excluding hydrogens is 200 g/mol. The summed E-state index contributed by atoms with van der Waals surface area (Å²) in [5.41, 5.74) is 2.25. The van der Waals surface area contributed by atoms with Crippen LogP contribution >= 0.6 is 0 Å². The molecule has 1 aliphatic heterocycles. The van der Waals surface area contributed by atoms with Crippen molar-refractivity contribution >= 4 is 0 Å². The summed E-state index contributed by atoms with van der Waals surface area (Å²) in [7, 11) is 0. The predicted octanol–water partition coefficient (Wildman–Crippen LogP) is 2.85. The number of aliphatic hydroxyl groups excluding tert-OH is 1. The Bertz CT molecular complexity index is 348. The molecule has 1 heterocycles. The molecule has 3 atom stereocenters. The summed E-state index contributed by atoms with van der Waals surface area (Å²) in [4.78, 5) is 0. The van der Waals surface area contributed by atoms with E-state index in [2.05, 4.69) is 26.0 Å². The van der Waals surface area contributed by atoms with Crippen LogP contribution in [0.1, 0.15) is 43.9 Å². The number of ether oxygens (including phenoxy) is 1. The summed E-state index contributed by atoms with van der Waals surface area (Å²) < 4.78 is 5.70. The van der Waals surface area contributed by atoms with Crippen LogP contribution in [0.5, 0.6) is 0 Å². The summed E-state index contributed by atoms with van der Waals surface area (Å²) >= 11 is 0. The van der Waals surface area contributed by atoms with Gasteiger partial charge < -0.3 is 9.84 Å². The lowest BCUT2D eigenvalue weighted by Gasteiger charge is -2.19. The lowest BCUT2D eigenvalue weighted by Crippen LogP contribution is -2.18. The smallest absolute Gasteiger partial charge is 0.105 e. The number of hydrogen-bond acceptors (Lipinski definition) is 2. The van der Waals surface area contributed by atoms with Crippen LogP contribution in [0.2, 0.25) is 0 Å². The van der Waals surface area contributed by atoms with Crippen molar-refractivity contribution in [2.45, 2.75) is 51.4 Å². The van der Waals surface area contributed by atoms with Crippen LogP contribution in [-0.4, -0.2) is 17.3 Å². The average molecular weight is 220 g/mol. The van der Waals surface area contributed by atoms with Gasteiger partial charge in [0.1, 0.15) is 6.10 Å². The fourth-order valence-electron chi connectivity index (χ4n) is 2.28. The molecule has 1 fully saturated rings. The van der Waals surface area contributed by atoms with Crippen molar-refractivity contribution in [3.05, 3.63) is 35.4 Å². The monoisotopic (exact) mass is 220 g/mol. The van der Waals surface area contributed by atoms with Crippen molar-refractivity contribution in [2.75, 3.05) is 0 Å². The molecule has 3 unspecified atom stereocenters. The molecule has 2 nitrogen and oxygen atoms in total. The summed E-state index contributed by atoms with van der Waals surface area (Å²) in [6.07, 6.45) is 2.80. The van der Waals surface area contributed by atoms with Crippen LogP contribution in [-0.2, 0) is 11.2 Å². The average Bonchev–Trinajstić information content (AvgIpc) is 2.75. The lowest BCUT2D eigenvalue weighted by molar-refractivity contribution is -0.0297. The molecule has 2 rings (SSSR count). The predicted molar refractivity (Wildman–Crippen MR) is 64.3 cm³/mol. The Morgan fingerprint density at radius 1 is 1.44 bits per heavy atom. The van der Waals surface area contributed by atoms with Gasteiger partial charge in [0, 0.05) is 0 Å². The Balaban J connectivity index is 2.10. The zero-order chi connectivity index (χ0) is 11.5. The van der Waals surface area contributed by atoms with Crippen molar-refractivity contribution in [1.29, 1.82) is 0 Å². The van der Waals surface area contributed by atoms with Crippen molar-refractivity contribution in [1.82, 2.24) is 0 Å². The molecule has 0 radical (unpaired) electrons. The molecule has 0 bridgehead atoms. The highest BCUT2D eigenvalue weighted by Gasteiger charge is 2.29. The Hall–Kier alpha value is -0.860. The van der Waals surface area contributed by atoms with Gasteiger partial charge in [-0.05, 0) is 37.3 Å². The van der Waals surface area contributed by atoms with Gasteiger partial charge in [0.05, 0.1) is 12.2 Å². The highest BCUT2D eigenvalue weighted by atomic mass is 16.5. The van der Waals surface area contributed by atoms with E-state index < -0.39 is 6.10 Å². The maximum absolute atomic E-state index is 10.2. The SMILES string of the molecule is CCc1cccc(C(O)C2CCC(C)O2)c1. The van der Waals surface area contributed by atoms with E-state index in [4.69, 9.17) is 4.74 Å². The fourth-order valence-corrected chi connectivity index (χ4v) is 2.28. The molecule has 88 valence electrons. The molecule has 2 heteroatoms. The minimum Gasteiger partial charge on any atom is -0.386 e. The van der Waals surface area contributed by atoms with Crippen LogP contribution in [0, 0.1) is 0 Å². The summed E-state index contributed by atoms with van der Waals surface area (Å²) in [5, 5.41) is 10.2. The number of aryl methyl sites for hydroxylation is 1. The lowest BCUT2D eigenvalue weighted by atomic mass is 9.99. The molecule has 0 amide bonds. The largest absolute Gasteiger partial charge is 0.386 e. The van der Waals surface area contributed by atoms with E-state index in [1.165, 1.54) is 5.56 Å². The second-order valence-electron chi connectivity index (χ2n) is 4.61. The summed E-state index contributed by atoms with van der Waals surface area (Å²) in [5.74, 6) is 0. The summed E-state index contributed by atoms with van der Waals surface area (Å²) in [6, 6.07) is 8.16. The quantitative estimate of drug-likeness (QED) is 0.848. The van der Waals surface area contributed by atoms with Crippen LogP contribution < -0.4 is 0 Å². The first-order valence-electron chi connectivity index (χ1n) is 6.13. The van der Waals surface area contributed by atoms with Gasteiger partial charge in [0.25, 0.3) is 0 Å². The summed E-state index contributed by atoms with van der Waals surface area (Å²) in [6.45, 7) is 4.19. The van der Waals surface area contributed by atoms with Gasteiger partial charge in [-0.3, -0.25) is 0 Å². The van der Waals surface area contributed by atoms with E-state index in [-0.39, 0.29) is 12.2 Å². The second kappa shape index (κ2) is 4.98. The van der Waals surface area contributed by atoms with Crippen molar-refractivity contribution in [3.63, 3.8) is 0 Å². The molecule has 1 saturated heterocycles. The first-order chi connectivity index (χ1) is 7.70. The Labute approximate surface area is 97.3 Å². The molecule has 0 aromatic heterocycles. The van der Waals surface area contributed by atoms with E-state index >= 15 is 0 Å². The number of benzene rings is 1. The van der Waals surface area contributed by atoms with Crippen LogP contribution in [0.3, 0.4) is 0 Å². The van der Waals surface area contributed by atoms with Gasteiger partial charge in [-0.15, -0.1) is 0 Å². The van der Waals surface area contributed by atoms with E-state index in [1.807, 2.05) is 12.1 Å². The van der Waals surface area contributed by atoms with E-state index in [0.29, 0.717) is 0 Å². The maximum Gasteiger partial charge on any atom is 0.105 e. The van der Waals surface area contributed by atoms with E-state index in [9.17, 15) is 5.11 Å². The number of hydrogen-bond donors (Lipinski definition) is 1. The third kappa shape index (κ3) is 2.45. The molecule has 0 saturated carbocycles. The Kier molecular flexibility index (Phi) is 3.62. The normalized spacial score (nSPS) is 26.9. The van der Waals surface area contributed by atoms with Gasteiger partial charge in [0.15, 0.2) is 0 Å². The zero-order valence-electron chi connectivity index (χ0n) is 10.0. The topological polar surface area (TPSA) is 29.5 Å². The molecule has 1 aromatic rings. The van der Waals surface area contributed by atoms with Crippen LogP contribution in [0.4, 0.5) is 0 Å². The third-order valence-electron chi connectivity index (χ3n) is 3.32. The van der Waals surface area contributed by atoms with Crippen molar-refractivity contribution in [3.8, 4) is 0 Å². The molecule has 0 aliphatic carbocycles. The zero-order valence-corrected chi connectivity index (χ0v) is 10.0. The van der Waals surface area contributed by atoms with Gasteiger partial charge in [-0.1, -0.05) is 31.2 Å². The molecule has 0 spiro atoms. The van der Waals surface area contributed by atoms with E-state index in [0.717, 1.165) is 24.8 Å². The highest BCUT2D eigenvalue weighted by Crippen LogP contribution is 2.30. The fraction of sp³-hybridized carbons (Fsp3) is 0.571. The number of rotatable bonds is 3.